The SMILES string of the molecule is NC(=O)CC[C@H](NC(=O)[C@@H](N)CC(N)=O)C(=O)N[C@@H](CCC(=O)O)C(=O)O. The highest BCUT2D eigenvalue weighted by atomic mass is 16.4. The average molecular weight is 389 g/mol. The number of carbonyl (C=O) groups excluding carboxylic acids is 4. The molecule has 0 aromatic rings. The Bertz CT molecular complexity index is 608. The molecule has 0 aromatic carbocycles. The highest BCUT2D eigenvalue weighted by molar-refractivity contribution is 5.93. The molecule has 152 valence electrons. The molecule has 13 nitrogen and oxygen atoms in total. The third-order valence-electron chi connectivity index (χ3n) is 3.33. The van der Waals surface area contributed by atoms with Crippen LogP contribution in [0.2, 0.25) is 0 Å². The molecule has 0 aliphatic heterocycles. The van der Waals surface area contributed by atoms with Crippen molar-refractivity contribution in [2.45, 2.75) is 50.2 Å². The first kappa shape index (κ1) is 23.8. The first-order valence-corrected chi connectivity index (χ1v) is 7.81. The minimum absolute atomic E-state index is 0.262. The number of carboxylic acids is 2. The largest absolute Gasteiger partial charge is 0.481 e. The number of carbonyl (C=O) groups is 6. The fourth-order valence-electron chi connectivity index (χ4n) is 1.94. The van der Waals surface area contributed by atoms with Crippen LogP contribution in [-0.4, -0.2) is 63.9 Å². The molecular formula is C14H23N5O8. The third-order valence-corrected chi connectivity index (χ3v) is 3.33. The van der Waals surface area contributed by atoms with Gasteiger partial charge in [0.1, 0.15) is 12.1 Å². The van der Waals surface area contributed by atoms with Crippen LogP contribution in [0.1, 0.15) is 32.1 Å². The molecule has 27 heavy (non-hydrogen) atoms. The van der Waals surface area contributed by atoms with Gasteiger partial charge in [-0.1, -0.05) is 0 Å². The molecule has 0 saturated carbocycles. The zero-order valence-electron chi connectivity index (χ0n) is 14.3. The Labute approximate surface area is 153 Å². The van der Waals surface area contributed by atoms with E-state index in [1.54, 1.807) is 0 Å². The zero-order valence-corrected chi connectivity index (χ0v) is 14.3. The minimum Gasteiger partial charge on any atom is -0.481 e. The molecule has 0 saturated heterocycles. The van der Waals surface area contributed by atoms with Gasteiger partial charge in [-0.2, -0.15) is 0 Å². The molecule has 0 bridgehead atoms. The van der Waals surface area contributed by atoms with Gasteiger partial charge in [-0.3, -0.25) is 24.0 Å². The number of nitrogens with two attached hydrogens (primary N) is 3. The van der Waals surface area contributed by atoms with Crippen molar-refractivity contribution >= 4 is 35.6 Å². The normalized spacial score (nSPS) is 13.7. The van der Waals surface area contributed by atoms with Crippen molar-refractivity contribution < 1.29 is 39.0 Å². The lowest BCUT2D eigenvalue weighted by Crippen LogP contribution is -2.55. The van der Waals surface area contributed by atoms with Crippen LogP contribution in [0.4, 0.5) is 0 Å². The molecule has 0 heterocycles. The van der Waals surface area contributed by atoms with E-state index in [1.807, 2.05) is 0 Å². The molecule has 0 aliphatic rings. The van der Waals surface area contributed by atoms with Crippen molar-refractivity contribution in [2.75, 3.05) is 0 Å². The summed E-state index contributed by atoms with van der Waals surface area (Å²) in [6, 6.07) is -4.26. The first-order chi connectivity index (χ1) is 12.4. The van der Waals surface area contributed by atoms with Crippen LogP contribution < -0.4 is 27.8 Å². The Hall–Kier alpha value is -3.22. The number of carboxylic acid groups (broad SMARTS) is 2. The fourth-order valence-corrected chi connectivity index (χ4v) is 1.94. The van der Waals surface area contributed by atoms with Crippen LogP contribution in [0, 0.1) is 0 Å². The van der Waals surface area contributed by atoms with Crippen LogP contribution in [-0.2, 0) is 28.8 Å². The molecular weight excluding hydrogens is 366 g/mol. The summed E-state index contributed by atoms with van der Waals surface area (Å²) in [6.45, 7) is 0. The molecule has 0 fully saturated rings. The average Bonchev–Trinajstić information content (AvgIpc) is 2.53. The Balaban J connectivity index is 5.12. The van der Waals surface area contributed by atoms with E-state index in [9.17, 15) is 28.8 Å². The molecule has 4 amide bonds. The lowest BCUT2D eigenvalue weighted by Gasteiger charge is -2.22. The molecule has 0 spiro atoms. The Kier molecular flexibility index (Phi) is 10.0. The van der Waals surface area contributed by atoms with Gasteiger partial charge in [0.05, 0.1) is 12.5 Å². The van der Waals surface area contributed by atoms with E-state index in [4.69, 9.17) is 27.4 Å². The standard InChI is InChI=1S/C14H23N5O8/c15-6(5-10(17)21)12(24)18-7(1-3-9(16)20)13(25)19-8(14(26)27)2-4-11(22)23/h6-8H,1-5,15H2,(H2,16,20)(H2,17,21)(H,18,24)(H,19,25)(H,22,23)(H,26,27)/t6-,7-,8-/m0/s1. The minimum atomic E-state index is -1.53. The van der Waals surface area contributed by atoms with Crippen molar-refractivity contribution in [3.8, 4) is 0 Å². The smallest absolute Gasteiger partial charge is 0.326 e. The van der Waals surface area contributed by atoms with Gasteiger partial charge >= 0.3 is 11.9 Å². The van der Waals surface area contributed by atoms with Gasteiger partial charge in [-0.05, 0) is 12.8 Å². The van der Waals surface area contributed by atoms with Crippen molar-refractivity contribution in [1.82, 2.24) is 10.6 Å². The molecule has 0 aromatic heterocycles. The zero-order chi connectivity index (χ0) is 21.1. The van der Waals surface area contributed by atoms with E-state index in [-0.39, 0.29) is 12.8 Å². The summed E-state index contributed by atoms with van der Waals surface area (Å²) in [4.78, 5) is 67.7. The highest BCUT2D eigenvalue weighted by Crippen LogP contribution is 2.03. The van der Waals surface area contributed by atoms with Gasteiger partial charge in [0.15, 0.2) is 0 Å². The highest BCUT2D eigenvalue weighted by Gasteiger charge is 2.28. The number of nitrogens with one attached hydrogen (secondary N) is 2. The van der Waals surface area contributed by atoms with Crippen molar-refractivity contribution in [3.63, 3.8) is 0 Å². The van der Waals surface area contributed by atoms with E-state index < -0.39 is 73.0 Å². The molecule has 0 rings (SSSR count). The lowest BCUT2D eigenvalue weighted by molar-refractivity contribution is -0.143. The summed E-state index contributed by atoms with van der Waals surface area (Å²) >= 11 is 0. The van der Waals surface area contributed by atoms with Gasteiger partial charge in [0.2, 0.25) is 23.6 Å². The molecule has 10 N–H and O–H groups in total. The summed E-state index contributed by atoms with van der Waals surface area (Å²) in [5.74, 6) is -6.26. The van der Waals surface area contributed by atoms with E-state index in [1.165, 1.54) is 0 Å². The summed E-state index contributed by atoms with van der Waals surface area (Å²) in [6.07, 6.45) is -1.97. The number of hydrogen-bond acceptors (Lipinski definition) is 7. The molecule has 3 atom stereocenters. The van der Waals surface area contributed by atoms with Gasteiger partial charge in [0.25, 0.3) is 0 Å². The van der Waals surface area contributed by atoms with Crippen molar-refractivity contribution in [3.05, 3.63) is 0 Å². The molecule has 0 aliphatic carbocycles. The summed E-state index contributed by atoms with van der Waals surface area (Å²) in [7, 11) is 0. The van der Waals surface area contributed by atoms with E-state index in [2.05, 4.69) is 10.6 Å². The molecule has 13 heteroatoms. The number of rotatable bonds is 13. The second-order valence-corrected chi connectivity index (χ2v) is 5.67. The van der Waals surface area contributed by atoms with Gasteiger partial charge in [-0.15, -0.1) is 0 Å². The summed E-state index contributed by atoms with van der Waals surface area (Å²) in [5, 5.41) is 21.9. The topological polar surface area (TPSA) is 245 Å². The van der Waals surface area contributed by atoms with Gasteiger partial charge in [0, 0.05) is 12.8 Å². The maximum absolute atomic E-state index is 12.3. The van der Waals surface area contributed by atoms with Crippen LogP contribution >= 0.6 is 0 Å². The Morgan fingerprint density at radius 2 is 1.30 bits per heavy atom. The van der Waals surface area contributed by atoms with Gasteiger partial charge < -0.3 is 38.0 Å². The van der Waals surface area contributed by atoms with E-state index in [0.29, 0.717) is 0 Å². The monoisotopic (exact) mass is 389 g/mol. The number of primary amides is 2. The van der Waals surface area contributed by atoms with E-state index >= 15 is 0 Å². The molecule has 0 radical (unpaired) electrons. The number of amides is 4. The summed E-state index contributed by atoms with van der Waals surface area (Å²) in [5.41, 5.74) is 15.4. The predicted molar refractivity (Wildman–Crippen MR) is 88.6 cm³/mol. The van der Waals surface area contributed by atoms with Crippen LogP contribution in [0.15, 0.2) is 0 Å². The third kappa shape index (κ3) is 10.4. The van der Waals surface area contributed by atoms with Crippen LogP contribution in [0.5, 0.6) is 0 Å². The maximum atomic E-state index is 12.3. The Morgan fingerprint density at radius 3 is 1.74 bits per heavy atom. The second kappa shape index (κ2) is 11.4. The van der Waals surface area contributed by atoms with Crippen molar-refractivity contribution in [1.29, 1.82) is 0 Å². The quantitative estimate of drug-likeness (QED) is 0.164. The first-order valence-electron chi connectivity index (χ1n) is 7.81. The summed E-state index contributed by atoms with van der Waals surface area (Å²) < 4.78 is 0. The Morgan fingerprint density at radius 1 is 0.778 bits per heavy atom. The van der Waals surface area contributed by atoms with Gasteiger partial charge in [-0.25, -0.2) is 4.79 Å². The van der Waals surface area contributed by atoms with Crippen LogP contribution in [0.3, 0.4) is 0 Å². The number of aliphatic carboxylic acids is 2. The fraction of sp³-hybridized carbons (Fsp3) is 0.571. The predicted octanol–water partition coefficient (Wildman–Crippen LogP) is -3.63. The van der Waals surface area contributed by atoms with Crippen molar-refractivity contribution in [2.24, 2.45) is 17.2 Å². The number of hydrogen-bond donors (Lipinski definition) is 7. The molecule has 0 unspecified atom stereocenters. The van der Waals surface area contributed by atoms with E-state index in [0.717, 1.165) is 0 Å². The second-order valence-electron chi connectivity index (χ2n) is 5.67. The lowest BCUT2D eigenvalue weighted by atomic mass is 10.1. The van der Waals surface area contributed by atoms with Crippen LogP contribution in [0.25, 0.3) is 0 Å². The maximum Gasteiger partial charge on any atom is 0.326 e.